The number of nitriles is 1. The van der Waals surface area contributed by atoms with Crippen molar-refractivity contribution in [3.63, 3.8) is 0 Å². The fraction of sp³-hybridized carbons (Fsp3) is 0.583. The molecule has 3 saturated heterocycles. The molecule has 186 valence electrons. The quantitative estimate of drug-likeness (QED) is 0.593. The minimum Gasteiger partial charge on any atom is -0.390 e. The van der Waals surface area contributed by atoms with Crippen LogP contribution in [0.4, 0.5) is 11.6 Å². The fourth-order valence-electron chi connectivity index (χ4n) is 5.30. The molecular formula is C24H30ClN7O2S. The van der Waals surface area contributed by atoms with Crippen molar-refractivity contribution in [3.05, 3.63) is 29.2 Å². The molecule has 35 heavy (non-hydrogen) atoms. The molecule has 0 aromatic carbocycles. The number of aromatic nitrogens is 3. The molecule has 3 aliphatic heterocycles. The van der Waals surface area contributed by atoms with Crippen LogP contribution in [-0.4, -0.2) is 64.5 Å². The zero-order valence-corrected chi connectivity index (χ0v) is 21.3. The lowest BCUT2D eigenvalue weighted by atomic mass is 9.73. The topological polar surface area (TPSA) is 124 Å². The highest BCUT2D eigenvalue weighted by Crippen LogP contribution is 2.43. The van der Waals surface area contributed by atoms with Crippen LogP contribution >= 0.6 is 23.4 Å². The van der Waals surface area contributed by atoms with E-state index in [0.29, 0.717) is 40.4 Å². The van der Waals surface area contributed by atoms with Crippen molar-refractivity contribution in [2.75, 3.05) is 36.0 Å². The maximum absolute atomic E-state index is 10.1. The second-order valence-electron chi connectivity index (χ2n) is 9.57. The molecule has 1 unspecified atom stereocenters. The first-order valence-electron chi connectivity index (χ1n) is 12.0. The Morgan fingerprint density at radius 2 is 2.11 bits per heavy atom. The number of aliphatic hydroxyl groups is 1. The SMILES string of the molecule is C[C@@H]1OCC2(CCN(c3ncc(Sc4ccnc(N5CCC5CC#N)c4Cl)nc3CO)CC2)[C@@H]1N. The van der Waals surface area contributed by atoms with Gasteiger partial charge in [0.25, 0.3) is 0 Å². The van der Waals surface area contributed by atoms with Gasteiger partial charge in [0.2, 0.25) is 0 Å². The Morgan fingerprint density at radius 3 is 2.74 bits per heavy atom. The minimum atomic E-state index is -0.197. The summed E-state index contributed by atoms with van der Waals surface area (Å²) >= 11 is 8.10. The van der Waals surface area contributed by atoms with E-state index in [9.17, 15) is 5.11 Å². The van der Waals surface area contributed by atoms with E-state index in [4.69, 9.17) is 32.3 Å². The molecule has 2 aromatic rings. The molecule has 0 amide bonds. The Hall–Kier alpha value is -2.16. The van der Waals surface area contributed by atoms with Crippen LogP contribution in [0.2, 0.25) is 5.02 Å². The van der Waals surface area contributed by atoms with Crippen LogP contribution in [0.5, 0.6) is 0 Å². The highest BCUT2D eigenvalue weighted by molar-refractivity contribution is 7.99. The molecule has 0 saturated carbocycles. The number of nitrogens with zero attached hydrogens (tertiary/aromatic N) is 6. The van der Waals surface area contributed by atoms with Crippen LogP contribution in [0.15, 0.2) is 28.4 Å². The first-order chi connectivity index (χ1) is 17.0. The molecule has 1 spiro atoms. The van der Waals surface area contributed by atoms with E-state index < -0.39 is 0 Å². The predicted octanol–water partition coefficient (Wildman–Crippen LogP) is 2.99. The molecule has 3 atom stereocenters. The van der Waals surface area contributed by atoms with Crippen molar-refractivity contribution < 1.29 is 9.84 Å². The van der Waals surface area contributed by atoms with E-state index in [1.165, 1.54) is 11.8 Å². The van der Waals surface area contributed by atoms with Crippen molar-refractivity contribution in [1.82, 2.24) is 15.0 Å². The summed E-state index contributed by atoms with van der Waals surface area (Å²) in [6.45, 7) is 5.00. The summed E-state index contributed by atoms with van der Waals surface area (Å²) in [7, 11) is 0. The number of halogens is 1. The zero-order chi connectivity index (χ0) is 24.6. The van der Waals surface area contributed by atoms with E-state index in [0.717, 1.165) is 43.8 Å². The predicted molar refractivity (Wildman–Crippen MR) is 135 cm³/mol. The van der Waals surface area contributed by atoms with Gasteiger partial charge in [-0.2, -0.15) is 5.26 Å². The second kappa shape index (κ2) is 10.1. The number of hydrogen-bond donors (Lipinski definition) is 2. The molecule has 2 aromatic heterocycles. The number of pyridine rings is 1. The molecule has 3 fully saturated rings. The van der Waals surface area contributed by atoms with Crippen LogP contribution in [0.3, 0.4) is 0 Å². The normalized spacial score (nSPS) is 25.5. The van der Waals surface area contributed by atoms with Gasteiger partial charge in [-0.3, -0.25) is 0 Å². The summed E-state index contributed by atoms with van der Waals surface area (Å²) < 4.78 is 5.83. The Kier molecular flexibility index (Phi) is 7.06. The van der Waals surface area contributed by atoms with E-state index in [1.54, 1.807) is 12.4 Å². The average Bonchev–Trinajstić information content (AvgIpc) is 3.13. The van der Waals surface area contributed by atoms with E-state index in [1.807, 2.05) is 13.0 Å². The number of anilines is 2. The molecular weight excluding hydrogens is 486 g/mol. The third-order valence-corrected chi connectivity index (χ3v) is 9.10. The zero-order valence-electron chi connectivity index (χ0n) is 19.7. The average molecular weight is 516 g/mol. The van der Waals surface area contributed by atoms with Gasteiger partial charge in [0.05, 0.1) is 43.0 Å². The van der Waals surface area contributed by atoms with Gasteiger partial charge in [-0.15, -0.1) is 0 Å². The number of piperidine rings is 1. The Balaban J connectivity index is 1.30. The van der Waals surface area contributed by atoms with Gasteiger partial charge in [-0.05, 0) is 32.3 Å². The molecule has 5 heterocycles. The summed E-state index contributed by atoms with van der Waals surface area (Å²) in [4.78, 5) is 18.9. The van der Waals surface area contributed by atoms with Crippen molar-refractivity contribution in [3.8, 4) is 6.07 Å². The standard InChI is InChI=1S/C24H30ClN7O2S/c1-15-21(27)24(14-34-15)5-10-31(11-6-24)22-17(13-33)30-19(12-29-22)35-18-3-8-28-23(20(18)25)32-9-4-16(32)2-7-26/h3,8,12,15-16,21,33H,2,4-6,9-11,13-14,27H2,1H3/t15-,16?,21+/m0/s1. The van der Waals surface area contributed by atoms with Crippen LogP contribution in [0, 0.1) is 16.7 Å². The van der Waals surface area contributed by atoms with Gasteiger partial charge in [-0.1, -0.05) is 23.4 Å². The molecule has 5 rings (SSSR count). The molecule has 11 heteroatoms. The van der Waals surface area contributed by atoms with Gasteiger partial charge in [-0.25, -0.2) is 15.0 Å². The van der Waals surface area contributed by atoms with Gasteiger partial charge in [0, 0.05) is 48.2 Å². The lowest BCUT2D eigenvalue weighted by molar-refractivity contribution is 0.0973. The first-order valence-corrected chi connectivity index (χ1v) is 13.2. The monoisotopic (exact) mass is 515 g/mol. The van der Waals surface area contributed by atoms with Gasteiger partial charge >= 0.3 is 0 Å². The molecule has 3 aliphatic rings. The summed E-state index contributed by atoms with van der Waals surface area (Å²) in [5, 5.41) is 20.3. The van der Waals surface area contributed by atoms with Crippen molar-refractivity contribution in [2.24, 2.45) is 11.1 Å². The maximum atomic E-state index is 10.1. The van der Waals surface area contributed by atoms with Crippen LogP contribution in [0.25, 0.3) is 0 Å². The van der Waals surface area contributed by atoms with Gasteiger partial charge in [0.1, 0.15) is 16.5 Å². The lowest BCUT2D eigenvalue weighted by Gasteiger charge is -2.41. The fourth-order valence-corrected chi connectivity index (χ4v) is 6.44. The van der Waals surface area contributed by atoms with E-state index in [2.05, 4.69) is 25.8 Å². The van der Waals surface area contributed by atoms with E-state index >= 15 is 0 Å². The molecule has 3 N–H and O–H groups in total. The molecule has 0 aliphatic carbocycles. The third-order valence-electron chi connectivity index (χ3n) is 7.65. The molecule has 0 radical (unpaired) electrons. The number of ether oxygens (including phenoxy) is 1. The third kappa shape index (κ3) is 4.56. The highest BCUT2D eigenvalue weighted by Gasteiger charge is 2.47. The van der Waals surface area contributed by atoms with Gasteiger partial charge < -0.3 is 25.4 Å². The lowest BCUT2D eigenvalue weighted by Crippen LogP contribution is -2.51. The van der Waals surface area contributed by atoms with Gasteiger partial charge in [0.15, 0.2) is 5.82 Å². The molecule has 0 bridgehead atoms. The van der Waals surface area contributed by atoms with Crippen LogP contribution < -0.4 is 15.5 Å². The number of aliphatic hydroxyl groups excluding tert-OH is 1. The Bertz CT molecular complexity index is 1120. The minimum absolute atomic E-state index is 0.0248. The van der Waals surface area contributed by atoms with Crippen molar-refractivity contribution in [2.45, 2.75) is 67.3 Å². The van der Waals surface area contributed by atoms with Crippen LogP contribution in [0.1, 0.15) is 38.3 Å². The summed E-state index contributed by atoms with van der Waals surface area (Å²) in [5.74, 6) is 1.41. The first kappa shape index (κ1) is 24.5. The smallest absolute Gasteiger partial charge is 0.152 e. The largest absolute Gasteiger partial charge is 0.390 e. The maximum Gasteiger partial charge on any atom is 0.152 e. The summed E-state index contributed by atoms with van der Waals surface area (Å²) in [6.07, 6.45) is 6.82. The van der Waals surface area contributed by atoms with Crippen molar-refractivity contribution >= 4 is 35.0 Å². The highest BCUT2D eigenvalue weighted by atomic mass is 35.5. The second-order valence-corrected chi connectivity index (χ2v) is 11.0. The number of nitrogens with two attached hydrogens (primary N) is 1. The summed E-state index contributed by atoms with van der Waals surface area (Å²) in [6, 6.07) is 4.28. The van der Waals surface area contributed by atoms with Crippen LogP contribution in [-0.2, 0) is 11.3 Å². The Labute approximate surface area is 214 Å². The van der Waals surface area contributed by atoms with E-state index in [-0.39, 0.29) is 30.2 Å². The van der Waals surface area contributed by atoms with Crippen molar-refractivity contribution in [1.29, 1.82) is 5.26 Å². The molecule has 9 nitrogen and oxygen atoms in total. The number of hydrogen-bond acceptors (Lipinski definition) is 10. The summed E-state index contributed by atoms with van der Waals surface area (Å²) in [5.41, 5.74) is 7.03. The number of rotatable bonds is 6. The Morgan fingerprint density at radius 1 is 1.31 bits per heavy atom.